The molecule has 2 N–H and O–H groups in total. The molecule has 100 valence electrons. The molecule has 18 heavy (non-hydrogen) atoms. The lowest BCUT2D eigenvalue weighted by atomic mass is 9.92. The molecule has 1 aliphatic rings. The highest BCUT2D eigenvalue weighted by Gasteiger charge is 2.30. The Bertz CT molecular complexity index is 405. The minimum absolute atomic E-state index is 0.425. The average molecular weight is 312 g/mol. The van der Waals surface area contributed by atoms with E-state index < -0.39 is 6.10 Å². The van der Waals surface area contributed by atoms with E-state index >= 15 is 0 Å². The summed E-state index contributed by atoms with van der Waals surface area (Å²) in [7, 11) is 0. The molecule has 2 unspecified atom stereocenters. The van der Waals surface area contributed by atoms with Crippen LogP contribution in [0, 0.1) is 5.41 Å². The molecule has 1 saturated carbocycles. The number of rotatable bonds is 4. The Morgan fingerprint density at radius 2 is 2.28 bits per heavy atom. The molecule has 0 spiro atoms. The second-order valence-corrected chi connectivity index (χ2v) is 7.00. The minimum Gasteiger partial charge on any atom is -0.387 e. The molecule has 1 fully saturated rings. The summed E-state index contributed by atoms with van der Waals surface area (Å²) in [6, 6.07) is 8.44. The van der Waals surface area contributed by atoms with Gasteiger partial charge < -0.3 is 10.4 Å². The molecule has 3 heteroatoms. The predicted molar refractivity (Wildman–Crippen MR) is 78.5 cm³/mol. The van der Waals surface area contributed by atoms with Crippen LogP contribution in [-0.4, -0.2) is 17.7 Å². The van der Waals surface area contributed by atoms with Crippen LogP contribution in [0.1, 0.15) is 44.8 Å². The number of nitrogens with one attached hydrogen (secondary N) is 1. The van der Waals surface area contributed by atoms with Crippen molar-refractivity contribution in [2.24, 2.45) is 5.41 Å². The molecular weight excluding hydrogens is 290 g/mol. The van der Waals surface area contributed by atoms with Gasteiger partial charge in [0.1, 0.15) is 0 Å². The minimum atomic E-state index is -0.425. The maximum Gasteiger partial charge on any atom is 0.0914 e. The van der Waals surface area contributed by atoms with E-state index in [2.05, 4.69) is 35.1 Å². The van der Waals surface area contributed by atoms with Gasteiger partial charge in [0.05, 0.1) is 6.10 Å². The summed E-state index contributed by atoms with van der Waals surface area (Å²) >= 11 is 3.43. The zero-order chi connectivity index (χ0) is 13.2. The number of benzene rings is 1. The molecule has 0 radical (unpaired) electrons. The third-order valence-corrected chi connectivity index (χ3v) is 4.30. The van der Waals surface area contributed by atoms with Crippen LogP contribution in [0.3, 0.4) is 0 Å². The Balaban J connectivity index is 1.84. The van der Waals surface area contributed by atoms with Crippen molar-refractivity contribution in [3.63, 3.8) is 0 Å². The van der Waals surface area contributed by atoms with Crippen molar-refractivity contribution in [1.29, 1.82) is 0 Å². The maximum atomic E-state index is 10.2. The van der Waals surface area contributed by atoms with Crippen molar-refractivity contribution in [3.8, 4) is 0 Å². The van der Waals surface area contributed by atoms with Crippen LogP contribution in [0.15, 0.2) is 28.7 Å². The van der Waals surface area contributed by atoms with E-state index in [0.717, 1.165) is 10.0 Å². The molecule has 0 aliphatic heterocycles. The lowest BCUT2D eigenvalue weighted by Gasteiger charge is -2.19. The van der Waals surface area contributed by atoms with Gasteiger partial charge in [0.2, 0.25) is 0 Å². The Kier molecular flexibility index (Phi) is 4.46. The molecular formula is C15H22BrNO. The molecule has 2 atom stereocenters. The normalized spacial score (nSPS) is 24.1. The molecule has 1 aliphatic carbocycles. The van der Waals surface area contributed by atoms with Gasteiger partial charge in [0.25, 0.3) is 0 Å². The highest BCUT2D eigenvalue weighted by molar-refractivity contribution is 9.10. The van der Waals surface area contributed by atoms with Gasteiger partial charge in [-0.05, 0) is 42.4 Å². The van der Waals surface area contributed by atoms with E-state index in [1.807, 2.05) is 24.3 Å². The van der Waals surface area contributed by atoms with Crippen LogP contribution in [0.4, 0.5) is 0 Å². The standard InChI is InChI=1S/C15H22BrNO/c1-15(2)7-6-13(9-15)17-10-14(18)11-4-3-5-12(16)8-11/h3-5,8,13-14,17-18H,6-7,9-10H2,1-2H3. The fraction of sp³-hybridized carbons (Fsp3) is 0.600. The Hall–Kier alpha value is -0.380. The molecule has 0 saturated heterocycles. The number of halogens is 1. The van der Waals surface area contributed by atoms with Crippen molar-refractivity contribution in [3.05, 3.63) is 34.3 Å². The van der Waals surface area contributed by atoms with Crippen LogP contribution in [0.25, 0.3) is 0 Å². The van der Waals surface area contributed by atoms with Gasteiger partial charge in [-0.2, -0.15) is 0 Å². The van der Waals surface area contributed by atoms with Crippen LogP contribution < -0.4 is 5.32 Å². The van der Waals surface area contributed by atoms with Gasteiger partial charge in [-0.15, -0.1) is 0 Å². The summed E-state index contributed by atoms with van der Waals surface area (Å²) < 4.78 is 1.01. The van der Waals surface area contributed by atoms with E-state index in [1.165, 1.54) is 19.3 Å². The van der Waals surface area contributed by atoms with Gasteiger partial charge in [-0.1, -0.05) is 41.9 Å². The largest absolute Gasteiger partial charge is 0.387 e. The maximum absolute atomic E-state index is 10.2. The first-order chi connectivity index (χ1) is 8.46. The average Bonchev–Trinajstić information content (AvgIpc) is 2.66. The molecule has 0 aromatic heterocycles. The Labute approximate surface area is 118 Å². The van der Waals surface area contributed by atoms with Crippen LogP contribution in [-0.2, 0) is 0 Å². The lowest BCUT2D eigenvalue weighted by Crippen LogP contribution is -2.31. The summed E-state index contributed by atoms with van der Waals surface area (Å²) in [5.74, 6) is 0. The van der Waals surface area contributed by atoms with Crippen molar-refractivity contribution in [1.82, 2.24) is 5.32 Å². The van der Waals surface area contributed by atoms with Crippen LogP contribution >= 0.6 is 15.9 Å². The van der Waals surface area contributed by atoms with Crippen molar-refractivity contribution in [2.45, 2.75) is 45.3 Å². The lowest BCUT2D eigenvalue weighted by molar-refractivity contribution is 0.169. The fourth-order valence-corrected chi connectivity index (χ4v) is 3.14. The Morgan fingerprint density at radius 3 is 2.89 bits per heavy atom. The first-order valence-corrected chi connectivity index (χ1v) is 7.42. The summed E-state index contributed by atoms with van der Waals surface area (Å²) in [6.45, 7) is 5.27. The van der Waals surface area contributed by atoms with Gasteiger partial charge in [0, 0.05) is 17.1 Å². The highest BCUT2D eigenvalue weighted by Crippen LogP contribution is 2.37. The molecule has 0 amide bonds. The van der Waals surface area contributed by atoms with Crippen molar-refractivity contribution in [2.75, 3.05) is 6.54 Å². The third kappa shape index (κ3) is 3.81. The zero-order valence-corrected chi connectivity index (χ0v) is 12.7. The van der Waals surface area contributed by atoms with E-state index in [9.17, 15) is 5.11 Å². The quantitative estimate of drug-likeness (QED) is 0.889. The summed E-state index contributed by atoms with van der Waals surface area (Å²) in [5, 5.41) is 13.6. The smallest absolute Gasteiger partial charge is 0.0914 e. The Morgan fingerprint density at radius 1 is 1.50 bits per heavy atom. The summed E-state index contributed by atoms with van der Waals surface area (Å²) in [6.07, 6.45) is 3.28. The fourth-order valence-electron chi connectivity index (χ4n) is 2.72. The second kappa shape index (κ2) is 5.72. The number of hydrogen-bond acceptors (Lipinski definition) is 2. The first-order valence-electron chi connectivity index (χ1n) is 6.63. The SMILES string of the molecule is CC1(C)CCC(NCC(O)c2cccc(Br)c2)C1. The molecule has 2 nitrogen and oxygen atoms in total. The summed E-state index contributed by atoms with van der Waals surface area (Å²) in [5.41, 5.74) is 1.42. The molecule has 2 rings (SSSR count). The van der Waals surface area contributed by atoms with Crippen LogP contribution in [0.5, 0.6) is 0 Å². The van der Waals surface area contributed by atoms with Crippen molar-refractivity contribution < 1.29 is 5.11 Å². The monoisotopic (exact) mass is 311 g/mol. The van der Waals surface area contributed by atoms with E-state index in [0.29, 0.717) is 18.0 Å². The first kappa shape index (κ1) is 14.0. The van der Waals surface area contributed by atoms with E-state index in [-0.39, 0.29) is 0 Å². The third-order valence-electron chi connectivity index (χ3n) is 3.80. The van der Waals surface area contributed by atoms with Gasteiger partial charge in [0.15, 0.2) is 0 Å². The van der Waals surface area contributed by atoms with Gasteiger partial charge >= 0.3 is 0 Å². The highest BCUT2D eigenvalue weighted by atomic mass is 79.9. The zero-order valence-electron chi connectivity index (χ0n) is 11.1. The van der Waals surface area contributed by atoms with Crippen molar-refractivity contribution >= 4 is 15.9 Å². The van der Waals surface area contributed by atoms with E-state index in [1.54, 1.807) is 0 Å². The van der Waals surface area contributed by atoms with Gasteiger partial charge in [-0.25, -0.2) is 0 Å². The topological polar surface area (TPSA) is 32.3 Å². The number of aliphatic hydroxyl groups is 1. The molecule has 1 aromatic rings. The molecule has 0 heterocycles. The van der Waals surface area contributed by atoms with Gasteiger partial charge in [-0.3, -0.25) is 0 Å². The van der Waals surface area contributed by atoms with E-state index in [4.69, 9.17) is 0 Å². The number of aliphatic hydroxyl groups excluding tert-OH is 1. The second-order valence-electron chi connectivity index (χ2n) is 6.08. The number of hydrogen-bond donors (Lipinski definition) is 2. The van der Waals surface area contributed by atoms with Crippen LogP contribution in [0.2, 0.25) is 0 Å². The summed E-state index contributed by atoms with van der Waals surface area (Å²) in [4.78, 5) is 0. The molecule has 0 bridgehead atoms. The predicted octanol–water partition coefficient (Wildman–Crippen LogP) is 3.65. The molecule has 1 aromatic carbocycles.